The van der Waals surface area contributed by atoms with Crippen molar-refractivity contribution in [3.63, 3.8) is 0 Å². The Morgan fingerprint density at radius 2 is 1.77 bits per heavy atom. The van der Waals surface area contributed by atoms with E-state index in [0.29, 0.717) is 21.6 Å². The fraction of sp³-hybridized carbons (Fsp3) is 0. The molecule has 1 aliphatic heterocycles. The fourth-order valence-corrected chi connectivity index (χ4v) is 4.33. The van der Waals surface area contributed by atoms with Gasteiger partial charge in [-0.3, -0.25) is 4.79 Å². The number of aliphatic imine (C=N–C) groups is 1. The number of fused-ring (bicyclic) bond motifs is 1. The molecular formula is C23H14ClN3O2S. The highest BCUT2D eigenvalue weighted by atomic mass is 35.5. The predicted molar refractivity (Wildman–Crippen MR) is 121 cm³/mol. The quantitative estimate of drug-likeness (QED) is 0.436. The number of aromatic hydroxyl groups is 1. The molecule has 1 aliphatic rings. The van der Waals surface area contributed by atoms with E-state index in [2.05, 4.69) is 9.98 Å². The summed E-state index contributed by atoms with van der Waals surface area (Å²) in [5.41, 5.74) is 2.27. The normalized spacial score (nSPS) is 15.2. The second-order valence-corrected chi connectivity index (χ2v) is 8.08. The van der Waals surface area contributed by atoms with Crippen LogP contribution in [0, 0.1) is 0 Å². The van der Waals surface area contributed by atoms with Crippen LogP contribution in [0.25, 0.3) is 16.3 Å². The van der Waals surface area contributed by atoms with Gasteiger partial charge in [-0.05, 0) is 30.3 Å². The largest absolute Gasteiger partial charge is 0.507 e. The minimum Gasteiger partial charge on any atom is -0.507 e. The van der Waals surface area contributed by atoms with Crippen molar-refractivity contribution in [1.82, 2.24) is 4.98 Å². The van der Waals surface area contributed by atoms with Gasteiger partial charge >= 0.3 is 0 Å². The average molecular weight is 432 g/mol. The molecule has 0 aliphatic carbocycles. The molecule has 1 amide bonds. The molecule has 1 aromatic heterocycles. The number of carbonyl (C=O) groups is 1. The number of aromatic nitrogens is 1. The first-order valence-corrected chi connectivity index (χ1v) is 10.3. The van der Waals surface area contributed by atoms with Gasteiger partial charge in [-0.2, -0.15) is 0 Å². The molecule has 0 saturated carbocycles. The van der Waals surface area contributed by atoms with Crippen LogP contribution >= 0.6 is 22.9 Å². The summed E-state index contributed by atoms with van der Waals surface area (Å²) in [6.07, 6.45) is 1.59. The molecule has 146 valence electrons. The van der Waals surface area contributed by atoms with Gasteiger partial charge in [-0.1, -0.05) is 71.5 Å². The van der Waals surface area contributed by atoms with Gasteiger partial charge < -0.3 is 5.11 Å². The van der Waals surface area contributed by atoms with Gasteiger partial charge in [0.15, 0.2) is 5.13 Å². The lowest BCUT2D eigenvalue weighted by atomic mass is 10.1. The van der Waals surface area contributed by atoms with E-state index in [-0.39, 0.29) is 17.4 Å². The second kappa shape index (κ2) is 7.40. The monoisotopic (exact) mass is 431 g/mol. The van der Waals surface area contributed by atoms with Crippen molar-refractivity contribution in [1.29, 1.82) is 0 Å². The van der Waals surface area contributed by atoms with E-state index >= 15 is 0 Å². The molecule has 7 heteroatoms. The Labute approximate surface area is 181 Å². The van der Waals surface area contributed by atoms with Gasteiger partial charge in [-0.15, -0.1) is 0 Å². The van der Waals surface area contributed by atoms with Crippen LogP contribution < -0.4 is 4.90 Å². The van der Waals surface area contributed by atoms with Gasteiger partial charge in [0.05, 0.1) is 10.2 Å². The number of thiazole rings is 1. The Bertz CT molecular complexity index is 1350. The van der Waals surface area contributed by atoms with Crippen molar-refractivity contribution in [3.8, 4) is 5.75 Å². The number of rotatable bonds is 3. The number of hydrogen-bond donors (Lipinski definition) is 1. The lowest BCUT2D eigenvalue weighted by molar-refractivity contribution is -0.113. The first-order valence-electron chi connectivity index (χ1n) is 9.14. The first kappa shape index (κ1) is 18.5. The van der Waals surface area contributed by atoms with Crippen molar-refractivity contribution in [2.45, 2.75) is 0 Å². The number of amides is 1. The number of phenolic OH excluding ortho intramolecular Hbond substituents is 1. The summed E-state index contributed by atoms with van der Waals surface area (Å²) in [7, 11) is 0. The predicted octanol–water partition coefficient (Wildman–Crippen LogP) is 5.49. The standard InChI is InChI=1S/C23H14ClN3O2S/c24-16-10-11-20-17(13-16)26-23(30-20)27-21(14-6-2-1-3-7-14)25-18(22(27)29)12-15-8-4-5-9-19(15)28/h1-13,28H. The Hall–Kier alpha value is -3.48. The third-order valence-electron chi connectivity index (χ3n) is 4.65. The maximum atomic E-state index is 13.4. The van der Waals surface area contributed by atoms with Crippen LogP contribution in [0.1, 0.15) is 11.1 Å². The van der Waals surface area contributed by atoms with E-state index in [1.165, 1.54) is 16.2 Å². The molecule has 1 N–H and O–H groups in total. The molecule has 5 nitrogen and oxygen atoms in total. The summed E-state index contributed by atoms with van der Waals surface area (Å²) in [6.45, 7) is 0. The molecule has 0 spiro atoms. The molecule has 0 radical (unpaired) electrons. The van der Waals surface area contributed by atoms with E-state index in [0.717, 1.165) is 15.8 Å². The SMILES string of the molecule is O=C1C(=Cc2ccccc2O)N=C(c2ccccc2)N1c1nc2cc(Cl)ccc2s1. The van der Waals surface area contributed by atoms with Crippen molar-refractivity contribution in [2.24, 2.45) is 4.99 Å². The summed E-state index contributed by atoms with van der Waals surface area (Å²) in [4.78, 5) is 24.1. The van der Waals surface area contributed by atoms with Crippen LogP contribution in [-0.4, -0.2) is 21.8 Å². The molecule has 0 bridgehead atoms. The third-order valence-corrected chi connectivity index (χ3v) is 5.91. The lowest BCUT2D eigenvalue weighted by Crippen LogP contribution is -2.32. The summed E-state index contributed by atoms with van der Waals surface area (Å²) in [5.74, 6) is 0.275. The molecule has 0 unspecified atom stereocenters. The number of halogens is 1. The minimum atomic E-state index is -0.303. The Kier molecular flexibility index (Phi) is 4.58. The number of anilines is 1. The zero-order valence-corrected chi connectivity index (χ0v) is 17.1. The summed E-state index contributed by atoms with van der Waals surface area (Å²) in [6, 6.07) is 21.8. The lowest BCUT2D eigenvalue weighted by Gasteiger charge is -2.14. The highest BCUT2D eigenvalue weighted by molar-refractivity contribution is 7.22. The molecule has 0 atom stereocenters. The summed E-state index contributed by atoms with van der Waals surface area (Å²) >= 11 is 7.49. The van der Waals surface area contributed by atoms with Crippen molar-refractivity contribution < 1.29 is 9.90 Å². The van der Waals surface area contributed by atoms with Gasteiger partial charge in [0, 0.05) is 16.1 Å². The zero-order valence-electron chi connectivity index (χ0n) is 15.5. The first-order chi connectivity index (χ1) is 14.6. The van der Waals surface area contributed by atoms with Crippen molar-refractivity contribution >= 4 is 56.1 Å². The number of nitrogens with zero attached hydrogens (tertiary/aromatic N) is 3. The Morgan fingerprint density at radius 3 is 2.57 bits per heavy atom. The van der Waals surface area contributed by atoms with Crippen LogP contribution in [-0.2, 0) is 4.79 Å². The Morgan fingerprint density at radius 1 is 1.00 bits per heavy atom. The highest BCUT2D eigenvalue weighted by Gasteiger charge is 2.34. The van der Waals surface area contributed by atoms with E-state index in [1.54, 1.807) is 42.5 Å². The van der Waals surface area contributed by atoms with Crippen LogP contribution in [0.5, 0.6) is 5.75 Å². The number of carbonyl (C=O) groups excluding carboxylic acids is 1. The van der Waals surface area contributed by atoms with Gasteiger partial charge in [-0.25, -0.2) is 14.9 Å². The number of hydrogen-bond acceptors (Lipinski definition) is 5. The van der Waals surface area contributed by atoms with Crippen LogP contribution in [0.4, 0.5) is 5.13 Å². The van der Waals surface area contributed by atoms with Gasteiger partial charge in [0.2, 0.25) is 0 Å². The molecule has 4 aromatic rings. The number of para-hydroxylation sites is 1. The topological polar surface area (TPSA) is 65.8 Å². The number of phenols is 1. The Balaban J connectivity index is 1.66. The molecule has 5 rings (SSSR count). The van der Waals surface area contributed by atoms with Crippen LogP contribution in [0.15, 0.2) is 83.5 Å². The second-order valence-electron chi connectivity index (χ2n) is 6.64. The van der Waals surface area contributed by atoms with Crippen molar-refractivity contribution in [3.05, 3.63) is 94.6 Å². The number of amidine groups is 1. The van der Waals surface area contributed by atoms with Gasteiger partial charge in [0.25, 0.3) is 5.91 Å². The maximum absolute atomic E-state index is 13.4. The maximum Gasteiger partial charge on any atom is 0.284 e. The molecule has 3 aromatic carbocycles. The van der Waals surface area contributed by atoms with Crippen LogP contribution in [0.3, 0.4) is 0 Å². The molecule has 30 heavy (non-hydrogen) atoms. The molecule has 0 saturated heterocycles. The highest BCUT2D eigenvalue weighted by Crippen LogP contribution is 2.35. The van der Waals surface area contributed by atoms with Crippen LogP contribution in [0.2, 0.25) is 5.02 Å². The van der Waals surface area contributed by atoms with E-state index in [9.17, 15) is 9.90 Å². The third kappa shape index (κ3) is 3.26. The van der Waals surface area contributed by atoms with E-state index < -0.39 is 0 Å². The number of benzene rings is 3. The van der Waals surface area contributed by atoms with E-state index in [1.807, 2.05) is 36.4 Å². The summed E-state index contributed by atoms with van der Waals surface area (Å²) < 4.78 is 0.924. The molecule has 0 fully saturated rings. The minimum absolute atomic E-state index is 0.0855. The zero-order chi connectivity index (χ0) is 20.7. The van der Waals surface area contributed by atoms with Crippen molar-refractivity contribution in [2.75, 3.05) is 4.90 Å². The smallest absolute Gasteiger partial charge is 0.284 e. The van der Waals surface area contributed by atoms with Gasteiger partial charge in [0.1, 0.15) is 17.3 Å². The summed E-state index contributed by atoms with van der Waals surface area (Å²) in [5, 5.41) is 11.2. The average Bonchev–Trinajstić information content (AvgIpc) is 3.30. The fourth-order valence-electron chi connectivity index (χ4n) is 3.22. The molecular weight excluding hydrogens is 418 g/mol. The molecule has 2 heterocycles. The van der Waals surface area contributed by atoms with E-state index in [4.69, 9.17) is 11.6 Å².